The lowest BCUT2D eigenvalue weighted by Gasteiger charge is -2.12. The van der Waals surface area contributed by atoms with Crippen LogP contribution in [0.2, 0.25) is 0 Å². The number of nitrogens with zero attached hydrogens (tertiary/aromatic N) is 5. The Kier molecular flexibility index (Phi) is 6.79. The molecule has 0 saturated heterocycles. The molecule has 0 fully saturated rings. The fraction of sp³-hybridized carbons (Fsp3) is 0. The Balaban J connectivity index is 1.15. The molecule has 11 aromatic rings. The molecule has 0 aliphatic heterocycles. The third kappa shape index (κ3) is 4.76. The molecule has 0 bridgehead atoms. The zero-order chi connectivity index (χ0) is 35.6. The molecular formula is C49H31N5. The van der Waals surface area contributed by atoms with Crippen LogP contribution in [-0.4, -0.2) is 24.1 Å². The first-order valence-corrected chi connectivity index (χ1v) is 18.2. The molecule has 5 heteroatoms. The first kappa shape index (κ1) is 30.3. The van der Waals surface area contributed by atoms with E-state index in [9.17, 15) is 0 Å². The molecule has 0 aliphatic rings. The monoisotopic (exact) mass is 689 g/mol. The number of para-hydroxylation sites is 3. The maximum absolute atomic E-state index is 5.22. The molecule has 0 amide bonds. The van der Waals surface area contributed by atoms with Gasteiger partial charge >= 0.3 is 0 Å². The molecule has 54 heavy (non-hydrogen) atoms. The number of aromatic nitrogens is 5. The zero-order valence-electron chi connectivity index (χ0n) is 29.1. The van der Waals surface area contributed by atoms with E-state index < -0.39 is 0 Å². The SMILES string of the molecule is c1ccc(-c2ccc(-c3nc(-c4ccccc4)nc(-n4c5ccccc5c5c6cc(-n7c8ccccc8c8ccccc87)ccc6ccc54)n3)cc2)cc1. The van der Waals surface area contributed by atoms with Crippen LogP contribution in [0, 0.1) is 0 Å². The minimum Gasteiger partial charge on any atom is -0.309 e. The van der Waals surface area contributed by atoms with Crippen LogP contribution in [0.3, 0.4) is 0 Å². The topological polar surface area (TPSA) is 48.5 Å². The summed E-state index contributed by atoms with van der Waals surface area (Å²) < 4.78 is 4.59. The van der Waals surface area contributed by atoms with E-state index in [0.717, 1.165) is 38.8 Å². The molecule has 0 atom stereocenters. The van der Waals surface area contributed by atoms with Gasteiger partial charge in [0.25, 0.3) is 0 Å². The lowest BCUT2D eigenvalue weighted by Crippen LogP contribution is -2.06. The van der Waals surface area contributed by atoms with Gasteiger partial charge in [-0.15, -0.1) is 0 Å². The summed E-state index contributed by atoms with van der Waals surface area (Å²) in [6, 6.07) is 66.2. The molecule has 0 unspecified atom stereocenters. The number of hydrogen-bond donors (Lipinski definition) is 0. The predicted molar refractivity (Wildman–Crippen MR) is 222 cm³/mol. The normalized spacial score (nSPS) is 11.7. The van der Waals surface area contributed by atoms with E-state index >= 15 is 0 Å². The molecule has 11 rings (SSSR count). The number of benzene rings is 8. The van der Waals surface area contributed by atoms with E-state index in [1.54, 1.807) is 0 Å². The van der Waals surface area contributed by atoms with Crippen LogP contribution >= 0.6 is 0 Å². The van der Waals surface area contributed by atoms with Gasteiger partial charge in [-0.3, -0.25) is 4.57 Å². The van der Waals surface area contributed by atoms with Crippen LogP contribution in [0.15, 0.2) is 188 Å². The van der Waals surface area contributed by atoms with E-state index in [-0.39, 0.29) is 0 Å². The highest BCUT2D eigenvalue weighted by Crippen LogP contribution is 2.39. The second kappa shape index (κ2) is 12.1. The van der Waals surface area contributed by atoms with E-state index in [4.69, 9.17) is 15.0 Å². The Bertz CT molecular complexity index is 3140. The van der Waals surface area contributed by atoms with Crippen molar-refractivity contribution in [2.45, 2.75) is 0 Å². The predicted octanol–water partition coefficient (Wildman–Crippen LogP) is 12.2. The van der Waals surface area contributed by atoms with Crippen LogP contribution in [0.1, 0.15) is 0 Å². The lowest BCUT2D eigenvalue weighted by molar-refractivity contribution is 0.953. The molecule has 0 saturated carbocycles. The Morgan fingerprint density at radius 2 is 0.796 bits per heavy atom. The van der Waals surface area contributed by atoms with Gasteiger partial charge in [0, 0.05) is 38.4 Å². The van der Waals surface area contributed by atoms with Crippen LogP contribution in [0.5, 0.6) is 0 Å². The summed E-state index contributed by atoms with van der Waals surface area (Å²) >= 11 is 0. The summed E-state index contributed by atoms with van der Waals surface area (Å²) in [5, 5.41) is 7.16. The van der Waals surface area contributed by atoms with Gasteiger partial charge < -0.3 is 4.57 Å². The van der Waals surface area contributed by atoms with Crippen molar-refractivity contribution in [1.82, 2.24) is 24.1 Å². The first-order chi connectivity index (χ1) is 26.8. The second-order valence-electron chi connectivity index (χ2n) is 13.7. The van der Waals surface area contributed by atoms with Crippen LogP contribution in [0.25, 0.3) is 99.9 Å². The highest BCUT2D eigenvalue weighted by molar-refractivity contribution is 6.21. The van der Waals surface area contributed by atoms with Gasteiger partial charge in [0.1, 0.15) is 0 Å². The van der Waals surface area contributed by atoms with Gasteiger partial charge in [-0.25, -0.2) is 4.98 Å². The average molecular weight is 690 g/mol. The standard InChI is InChI=1S/C49H31N5/c1-3-13-32(14-4-1)33-23-25-36(26-24-33)48-50-47(35-15-5-2-6-16-35)51-49(52-48)54-44-22-12-9-19-40(44)46-41-31-37(29-27-34(41)28-30-45(46)54)53-42-20-10-7-17-38(42)39-18-8-11-21-43(39)53/h1-31H. The Labute approximate surface area is 311 Å². The molecule has 8 aromatic carbocycles. The third-order valence-corrected chi connectivity index (χ3v) is 10.6. The summed E-state index contributed by atoms with van der Waals surface area (Å²) in [7, 11) is 0. The quantitative estimate of drug-likeness (QED) is 0.181. The average Bonchev–Trinajstić information content (AvgIpc) is 3.77. The van der Waals surface area contributed by atoms with Crippen LogP contribution in [0.4, 0.5) is 0 Å². The van der Waals surface area contributed by atoms with Gasteiger partial charge in [-0.05, 0) is 58.3 Å². The smallest absolute Gasteiger partial charge is 0.238 e. The van der Waals surface area contributed by atoms with E-state index in [0.29, 0.717) is 17.6 Å². The van der Waals surface area contributed by atoms with Crippen molar-refractivity contribution in [2.24, 2.45) is 0 Å². The second-order valence-corrected chi connectivity index (χ2v) is 13.7. The van der Waals surface area contributed by atoms with Crippen LogP contribution < -0.4 is 0 Å². The fourth-order valence-electron chi connectivity index (χ4n) is 8.08. The summed E-state index contributed by atoms with van der Waals surface area (Å²) in [5.41, 5.74) is 9.76. The van der Waals surface area contributed by atoms with Gasteiger partial charge in [-0.2, -0.15) is 9.97 Å². The summed E-state index contributed by atoms with van der Waals surface area (Å²) in [4.78, 5) is 15.4. The number of rotatable bonds is 5. The number of fused-ring (bicyclic) bond motifs is 8. The third-order valence-electron chi connectivity index (χ3n) is 10.6. The van der Waals surface area contributed by atoms with Gasteiger partial charge in [0.2, 0.25) is 5.95 Å². The van der Waals surface area contributed by atoms with Crippen molar-refractivity contribution >= 4 is 54.4 Å². The fourth-order valence-corrected chi connectivity index (χ4v) is 8.08. The van der Waals surface area contributed by atoms with Crippen molar-refractivity contribution in [1.29, 1.82) is 0 Å². The molecule has 0 N–H and O–H groups in total. The minimum absolute atomic E-state index is 0.579. The molecule has 0 radical (unpaired) electrons. The van der Waals surface area contributed by atoms with Gasteiger partial charge in [0.15, 0.2) is 11.6 Å². The molecule has 3 aromatic heterocycles. The van der Waals surface area contributed by atoms with Gasteiger partial charge in [0.05, 0.1) is 22.1 Å². The maximum Gasteiger partial charge on any atom is 0.238 e. The summed E-state index contributed by atoms with van der Waals surface area (Å²) in [6.07, 6.45) is 0. The summed E-state index contributed by atoms with van der Waals surface area (Å²) in [5.74, 6) is 1.83. The lowest BCUT2D eigenvalue weighted by atomic mass is 10.0. The van der Waals surface area contributed by atoms with Crippen molar-refractivity contribution in [3.05, 3.63) is 188 Å². The van der Waals surface area contributed by atoms with Gasteiger partial charge in [-0.1, -0.05) is 152 Å². The summed E-state index contributed by atoms with van der Waals surface area (Å²) in [6.45, 7) is 0. The van der Waals surface area contributed by atoms with Crippen molar-refractivity contribution in [3.8, 4) is 45.5 Å². The van der Waals surface area contributed by atoms with E-state index in [1.807, 2.05) is 24.3 Å². The highest BCUT2D eigenvalue weighted by atomic mass is 15.2. The first-order valence-electron chi connectivity index (χ1n) is 18.2. The maximum atomic E-state index is 5.22. The molecule has 3 heterocycles. The van der Waals surface area contributed by atoms with Crippen molar-refractivity contribution < 1.29 is 0 Å². The van der Waals surface area contributed by atoms with E-state index in [1.165, 1.54) is 43.5 Å². The molecule has 0 aliphatic carbocycles. The molecule has 5 nitrogen and oxygen atoms in total. The minimum atomic E-state index is 0.579. The van der Waals surface area contributed by atoms with Crippen molar-refractivity contribution in [3.63, 3.8) is 0 Å². The zero-order valence-corrected chi connectivity index (χ0v) is 29.1. The number of hydrogen-bond acceptors (Lipinski definition) is 3. The van der Waals surface area contributed by atoms with Crippen molar-refractivity contribution in [2.75, 3.05) is 0 Å². The highest BCUT2D eigenvalue weighted by Gasteiger charge is 2.20. The Morgan fingerprint density at radius 3 is 1.44 bits per heavy atom. The molecule has 0 spiro atoms. The largest absolute Gasteiger partial charge is 0.309 e. The molecule has 252 valence electrons. The Morgan fingerprint density at radius 1 is 0.315 bits per heavy atom. The Hall–Kier alpha value is -7.37. The van der Waals surface area contributed by atoms with Crippen LogP contribution in [-0.2, 0) is 0 Å². The molecular weight excluding hydrogens is 659 g/mol. The van der Waals surface area contributed by atoms with E-state index in [2.05, 4.69) is 173 Å².